The first-order chi connectivity index (χ1) is 13.9. The van der Waals surface area contributed by atoms with Crippen LogP contribution in [0, 0.1) is 0 Å². The van der Waals surface area contributed by atoms with E-state index in [4.69, 9.17) is 5.14 Å². The number of para-hydroxylation sites is 2. The molecule has 8 heteroatoms. The predicted octanol–water partition coefficient (Wildman–Crippen LogP) is 3.07. The maximum absolute atomic E-state index is 12.5. The van der Waals surface area contributed by atoms with Crippen molar-refractivity contribution in [3.63, 3.8) is 0 Å². The van der Waals surface area contributed by atoms with E-state index in [1.165, 1.54) is 0 Å². The van der Waals surface area contributed by atoms with Crippen LogP contribution in [0.2, 0.25) is 0 Å². The van der Waals surface area contributed by atoms with Gasteiger partial charge in [0.05, 0.1) is 16.8 Å². The Kier molecular flexibility index (Phi) is 4.87. The molecule has 0 unspecified atom stereocenters. The number of hydrogen-bond donors (Lipinski definition) is 2. The number of hydrogen-bond acceptors (Lipinski definition) is 4. The van der Waals surface area contributed by atoms with Crippen molar-refractivity contribution in [2.75, 3.05) is 5.32 Å². The van der Waals surface area contributed by atoms with E-state index in [9.17, 15) is 13.2 Å². The second kappa shape index (κ2) is 7.50. The average molecular weight is 406 g/mol. The molecule has 3 aromatic carbocycles. The second-order valence-corrected chi connectivity index (χ2v) is 8.23. The molecule has 1 amide bonds. The van der Waals surface area contributed by atoms with Gasteiger partial charge in [-0.25, -0.2) is 18.5 Å². The molecule has 3 N–H and O–H groups in total. The molecule has 4 aromatic rings. The number of sulfonamides is 1. The molecule has 7 nitrogen and oxygen atoms in total. The third kappa shape index (κ3) is 4.34. The van der Waals surface area contributed by atoms with E-state index in [1.54, 1.807) is 42.7 Å². The van der Waals surface area contributed by atoms with Crippen LogP contribution in [0.1, 0.15) is 15.9 Å². The van der Waals surface area contributed by atoms with Crippen LogP contribution in [-0.2, 0) is 15.8 Å². The van der Waals surface area contributed by atoms with Crippen molar-refractivity contribution in [1.29, 1.82) is 0 Å². The van der Waals surface area contributed by atoms with Gasteiger partial charge in [-0.05, 0) is 54.1 Å². The van der Waals surface area contributed by atoms with Gasteiger partial charge in [0.2, 0.25) is 10.0 Å². The van der Waals surface area contributed by atoms with Crippen LogP contribution >= 0.6 is 0 Å². The predicted molar refractivity (Wildman–Crippen MR) is 112 cm³/mol. The monoisotopic (exact) mass is 406 g/mol. The third-order valence-corrected chi connectivity index (χ3v) is 5.15. The Morgan fingerprint density at radius 1 is 1.00 bits per heavy atom. The fraction of sp³-hybridized carbons (Fsp3) is 0.0476. The van der Waals surface area contributed by atoms with Gasteiger partial charge in [0.15, 0.2) is 0 Å². The van der Waals surface area contributed by atoms with Gasteiger partial charge in [-0.15, -0.1) is 0 Å². The second-order valence-electron chi connectivity index (χ2n) is 6.61. The number of aromatic nitrogens is 2. The lowest BCUT2D eigenvalue weighted by molar-refractivity contribution is 0.102. The minimum absolute atomic E-state index is 0.287. The van der Waals surface area contributed by atoms with Crippen LogP contribution in [0.4, 0.5) is 5.69 Å². The zero-order chi connectivity index (χ0) is 20.4. The molecule has 0 aliphatic rings. The molecule has 0 atom stereocenters. The van der Waals surface area contributed by atoms with Crippen molar-refractivity contribution in [3.05, 3.63) is 90.3 Å². The van der Waals surface area contributed by atoms with E-state index in [0.717, 1.165) is 16.7 Å². The van der Waals surface area contributed by atoms with Gasteiger partial charge in [-0.1, -0.05) is 24.3 Å². The number of nitrogens with two attached hydrogens (primary N) is 1. The molecule has 0 saturated carbocycles. The molecule has 4 rings (SSSR count). The molecular weight excluding hydrogens is 388 g/mol. The summed E-state index contributed by atoms with van der Waals surface area (Å²) >= 11 is 0. The molecule has 146 valence electrons. The summed E-state index contributed by atoms with van der Waals surface area (Å²) in [6, 6.07) is 21.6. The molecule has 1 heterocycles. The lowest BCUT2D eigenvalue weighted by Crippen LogP contribution is -2.15. The number of fused-ring (bicyclic) bond motifs is 1. The van der Waals surface area contributed by atoms with Gasteiger partial charge in [0, 0.05) is 16.9 Å². The highest BCUT2D eigenvalue weighted by molar-refractivity contribution is 7.88. The maximum atomic E-state index is 12.5. The molecule has 0 radical (unpaired) electrons. The van der Waals surface area contributed by atoms with Crippen LogP contribution in [0.15, 0.2) is 79.1 Å². The van der Waals surface area contributed by atoms with Gasteiger partial charge in [0.1, 0.15) is 6.33 Å². The Morgan fingerprint density at radius 3 is 2.52 bits per heavy atom. The molecule has 0 aliphatic carbocycles. The number of carbonyl (C=O) groups excluding carboxylic acids is 1. The Balaban J connectivity index is 1.52. The molecule has 0 saturated heterocycles. The Hall–Kier alpha value is -3.49. The van der Waals surface area contributed by atoms with E-state index >= 15 is 0 Å². The summed E-state index contributed by atoms with van der Waals surface area (Å²) in [7, 11) is -3.64. The highest BCUT2D eigenvalue weighted by Gasteiger charge is 2.10. The summed E-state index contributed by atoms with van der Waals surface area (Å²) in [5.74, 6) is -0.579. The van der Waals surface area contributed by atoms with E-state index in [0.29, 0.717) is 16.8 Å². The molecule has 29 heavy (non-hydrogen) atoms. The van der Waals surface area contributed by atoms with E-state index in [2.05, 4.69) is 10.3 Å². The van der Waals surface area contributed by atoms with Crippen molar-refractivity contribution in [1.82, 2.24) is 9.55 Å². The van der Waals surface area contributed by atoms with Crippen LogP contribution in [0.3, 0.4) is 0 Å². The van der Waals surface area contributed by atoms with Gasteiger partial charge >= 0.3 is 0 Å². The number of benzene rings is 3. The number of carbonyl (C=O) groups is 1. The first-order valence-corrected chi connectivity index (χ1v) is 10.5. The smallest absolute Gasteiger partial charge is 0.255 e. The van der Waals surface area contributed by atoms with Crippen molar-refractivity contribution in [2.45, 2.75) is 5.75 Å². The summed E-state index contributed by atoms with van der Waals surface area (Å²) in [5, 5.41) is 7.85. The van der Waals surface area contributed by atoms with Crippen LogP contribution in [0.5, 0.6) is 0 Å². The van der Waals surface area contributed by atoms with Crippen LogP contribution < -0.4 is 10.5 Å². The number of anilines is 1. The Labute approximate surface area is 167 Å². The summed E-state index contributed by atoms with van der Waals surface area (Å²) in [6.07, 6.45) is 1.75. The lowest BCUT2D eigenvalue weighted by Gasteiger charge is -2.09. The number of rotatable bonds is 5. The fourth-order valence-corrected chi connectivity index (χ4v) is 3.76. The highest BCUT2D eigenvalue weighted by atomic mass is 32.2. The van der Waals surface area contributed by atoms with Crippen molar-refractivity contribution in [2.24, 2.45) is 5.14 Å². The average Bonchev–Trinajstić information content (AvgIpc) is 3.11. The van der Waals surface area contributed by atoms with Gasteiger partial charge in [0.25, 0.3) is 5.91 Å². The quantitative estimate of drug-likeness (QED) is 0.531. The lowest BCUT2D eigenvalue weighted by atomic mass is 10.1. The van der Waals surface area contributed by atoms with Crippen LogP contribution in [0.25, 0.3) is 16.7 Å². The normalized spacial score (nSPS) is 11.5. The molecule has 0 bridgehead atoms. The Bertz CT molecular complexity index is 1300. The number of nitrogens with one attached hydrogen (secondary N) is 1. The van der Waals surface area contributed by atoms with Crippen LogP contribution in [-0.4, -0.2) is 23.9 Å². The zero-order valence-electron chi connectivity index (χ0n) is 15.3. The largest absolute Gasteiger partial charge is 0.322 e. The summed E-state index contributed by atoms with van der Waals surface area (Å²) < 4.78 is 24.5. The molecule has 0 fully saturated rings. The topological polar surface area (TPSA) is 107 Å². The first-order valence-electron chi connectivity index (χ1n) is 8.82. The number of nitrogens with zero attached hydrogens (tertiary/aromatic N) is 2. The van der Waals surface area contributed by atoms with E-state index in [1.807, 2.05) is 41.0 Å². The minimum Gasteiger partial charge on any atom is -0.322 e. The fourth-order valence-electron chi connectivity index (χ4n) is 3.11. The van der Waals surface area contributed by atoms with Gasteiger partial charge in [-0.3, -0.25) is 9.36 Å². The minimum atomic E-state index is -3.64. The van der Waals surface area contributed by atoms with Crippen molar-refractivity contribution in [3.8, 4) is 5.69 Å². The standard InChI is InChI=1S/C21H18N4O3S/c22-29(27,28)13-15-4-3-5-17(12-15)24-21(26)16-8-10-18(11-9-16)25-14-23-19-6-1-2-7-20(19)25/h1-12,14H,13H2,(H,24,26)(H2,22,27,28). The van der Waals surface area contributed by atoms with Gasteiger partial charge < -0.3 is 5.32 Å². The first kappa shape index (κ1) is 18.9. The SMILES string of the molecule is NS(=O)(=O)Cc1cccc(NC(=O)c2ccc(-n3cnc4ccccc43)cc2)c1. The molecule has 0 aliphatic heterocycles. The molecular formula is C21H18N4O3S. The summed E-state index contributed by atoms with van der Waals surface area (Å²) in [5.41, 5.74) is 4.26. The zero-order valence-corrected chi connectivity index (χ0v) is 16.1. The Morgan fingerprint density at radius 2 is 1.76 bits per heavy atom. The number of primary sulfonamides is 1. The van der Waals surface area contributed by atoms with Gasteiger partial charge in [-0.2, -0.15) is 0 Å². The molecule has 1 aromatic heterocycles. The van der Waals surface area contributed by atoms with Crippen molar-refractivity contribution < 1.29 is 13.2 Å². The highest BCUT2D eigenvalue weighted by Crippen LogP contribution is 2.19. The number of imidazole rings is 1. The van der Waals surface area contributed by atoms with Crippen molar-refractivity contribution >= 4 is 32.7 Å². The third-order valence-electron chi connectivity index (χ3n) is 4.41. The summed E-state index contributed by atoms with van der Waals surface area (Å²) in [6.45, 7) is 0. The van der Waals surface area contributed by atoms with E-state index < -0.39 is 10.0 Å². The number of amides is 1. The molecule has 0 spiro atoms. The summed E-state index contributed by atoms with van der Waals surface area (Å²) in [4.78, 5) is 16.9. The van der Waals surface area contributed by atoms with E-state index in [-0.39, 0.29) is 11.7 Å². The maximum Gasteiger partial charge on any atom is 0.255 e.